The average molecular weight is 198 g/mol. The van der Waals surface area contributed by atoms with Gasteiger partial charge in [-0.25, -0.2) is 0 Å². The van der Waals surface area contributed by atoms with Crippen LogP contribution in [0.2, 0.25) is 0 Å². The van der Waals surface area contributed by atoms with Crippen molar-refractivity contribution in [3.05, 3.63) is 12.7 Å². The van der Waals surface area contributed by atoms with E-state index in [0.29, 0.717) is 12.8 Å². The van der Waals surface area contributed by atoms with Gasteiger partial charge in [0.05, 0.1) is 19.1 Å². The second kappa shape index (κ2) is 4.37. The highest BCUT2D eigenvalue weighted by Crippen LogP contribution is 2.33. The predicted molar refractivity (Wildman–Crippen MR) is 49.4 cm³/mol. The van der Waals surface area contributed by atoms with Crippen molar-refractivity contribution in [3.63, 3.8) is 0 Å². The number of aliphatic hydroxyl groups is 1. The number of allylic oxidation sites excluding steroid dienone is 1. The fourth-order valence-electron chi connectivity index (χ4n) is 1.89. The van der Waals surface area contributed by atoms with Crippen molar-refractivity contribution in [2.24, 2.45) is 11.8 Å². The quantitative estimate of drug-likeness (QED) is 0.523. The number of methoxy groups -OCH3 is 1. The molecule has 4 nitrogen and oxygen atoms in total. The van der Waals surface area contributed by atoms with Gasteiger partial charge in [0.1, 0.15) is 0 Å². The SMILES string of the molecule is C=CC(=O)C1C[C@H](O)C[C@H]1C(=O)OC. The Hall–Kier alpha value is -1.16. The Morgan fingerprint density at radius 2 is 2.00 bits per heavy atom. The molecule has 3 atom stereocenters. The lowest BCUT2D eigenvalue weighted by molar-refractivity contribution is -0.148. The molecule has 14 heavy (non-hydrogen) atoms. The Morgan fingerprint density at radius 1 is 1.43 bits per heavy atom. The molecule has 1 unspecified atom stereocenters. The molecule has 1 N–H and O–H groups in total. The van der Waals surface area contributed by atoms with Gasteiger partial charge in [0.2, 0.25) is 0 Å². The van der Waals surface area contributed by atoms with Crippen molar-refractivity contribution in [3.8, 4) is 0 Å². The highest BCUT2D eigenvalue weighted by molar-refractivity contribution is 5.94. The molecule has 0 aliphatic heterocycles. The van der Waals surface area contributed by atoms with Gasteiger partial charge in [-0.15, -0.1) is 0 Å². The van der Waals surface area contributed by atoms with Crippen molar-refractivity contribution in [1.29, 1.82) is 0 Å². The summed E-state index contributed by atoms with van der Waals surface area (Å²) in [6, 6.07) is 0. The molecular formula is C10H14O4. The molecule has 1 saturated carbocycles. The van der Waals surface area contributed by atoms with Crippen LogP contribution in [0.25, 0.3) is 0 Å². The van der Waals surface area contributed by atoms with Gasteiger partial charge in [0.15, 0.2) is 5.78 Å². The van der Waals surface area contributed by atoms with Crippen molar-refractivity contribution in [1.82, 2.24) is 0 Å². The fourth-order valence-corrected chi connectivity index (χ4v) is 1.89. The van der Waals surface area contributed by atoms with Gasteiger partial charge < -0.3 is 9.84 Å². The van der Waals surface area contributed by atoms with Crippen LogP contribution in [0.1, 0.15) is 12.8 Å². The van der Waals surface area contributed by atoms with Crippen LogP contribution in [0.5, 0.6) is 0 Å². The van der Waals surface area contributed by atoms with E-state index in [9.17, 15) is 14.7 Å². The second-order valence-electron chi connectivity index (χ2n) is 3.47. The molecule has 0 spiro atoms. The van der Waals surface area contributed by atoms with Crippen LogP contribution in [0, 0.1) is 11.8 Å². The number of ketones is 1. The van der Waals surface area contributed by atoms with E-state index in [1.165, 1.54) is 13.2 Å². The second-order valence-corrected chi connectivity index (χ2v) is 3.47. The molecule has 0 radical (unpaired) electrons. The summed E-state index contributed by atoms with van der Waals surface area (Å²) in [5.41, 5.74) is 0. The molecule has 0 aromatic heterocycles. The summed E-state index contributed by atoms with van der Waals surface area (Å²) in [5, 5.41) is 9.36. The number of hydrogen-bond acceptors (Lipinski definition) is 4. The van der Waals surface area contributed by atoms with Crippen LogP contribution >= 0.6 is 0 Å². The normalized spacial score (nSPS) is 31.1. The molecule has 0 aromatic rings. The summed E-state index contributed by atoms with van der Waals surface area (Å²) >= 11 is 0. The summed E-state index contributed by atoms with van der Waals surface area (Å²) in [6.07, 6.45) is 1.23. The molecule has 0 heterocycles. The molecule has 1 aliphatic carbocycles. The van der Waals surface area contributed by atoms with Gasteiger partial charge in [0.25, 0.3) is 0 Å². The number of hydrogen-bond donors (Lipinski definition) is 1. The molecule has 0 bridgehead atoms. The Bertz CT molecular complexity index is 259. The smallest absolute Gasteiger partial charge is 0.309 e. The molecule has 78 valence electrons. The van der Waals surface area contributed by atoms with Gasteiger partial charge in [-0.05, 0) is 18.9 Å². The maximum atomic E-state index is 11.4. The lowest BCUT2D eigenvalue weighted by atomic mass is 9.92. The Labute approximate surface area is 82.6 Å². The van der Waals surface area contributed by atoms with E-state index in [0.717, 1.165) is 0 Å². The van der Waals surface area contributed by atoms with Crippen molar-refractivity contribution >= 4 is 11.8 Å². The highest BCUT2D eigenvalue weighted by Gasteiger charge is 2.41. The fraction of sp³-hybridized carbons (Fsp3) is 0.600. The molecular weight excluding hydrogens is 184 g/mol. The zero-order valence-electron chi connectivity index (χ0n) is 8.10. The van der Waals surface area contributed by atoms with Gasteiger partial charge >= 0.3 is 5.97 Å². The third-order valence-electron chi connectivity index (χ3n) is 2.61. The van der Waals surface area contributed by atoms with Crippen LogP contribution in [-0.4, -0.2) is 30.1 Å². The largest absolute Gasteiger partial charge is 0.469 e. The Morgan fingerprint density at radius 3 is 2.50 bits per heavy atom. The molecule has 1 aliphatic rings. The standard InChI is InChI=1S/C10H14O4/c1-3-9(12)7-4-6(11)5-8(7)10(13)14-2/h3,6-8,11H,1,4-5H2,2H3/t6-,7?,8+/m0/s1. The number of ether oxygens (including phenoxy) is 1. The predicted octanol–water partition coefficient (Wildman–Crippen LogP) is 0.302. The molecule has 0 amide bonds. The van der Waals surface area contributed by atoms with E-state index in [1.54, 1.807) is 0 Å². The van der Waals surface area contributed by atoms with Gasteiger partial charge in [0, 0.05) is 5.92 Å². The lowest BCUT2D eigenvalue weighted by Gasteiger charge is -2.13. The summed E-state index contributed by atoms with van der Waals surface area (Å²) in [7, 11) is 1.28. The molecule has 4 heteroatoms. The van der Waals surface area contributed by atoms with E-state index >= 15 is 0 Å². The number of esters is 1. The van der Waals surface area contributed by atoms with Crippen LogP contribution in [-0.2, 0) is 14.3 Å². The van der Waals surface area contributed by atoms with Crippen LogP contribution in [0.15, 0.2) is 12.7 Å². The monoisotopic (exact) mass is 198 g/mol. The summed E-state index contributed by atoms with van der Waals surface area (Å²) in [5.74, 6) is -1.60. The summed E-state index contributed by atoms with van der Waals surface area (Å²) in [6.45, 7) is 3.37. The molecule has 0 aromatic carbocycles. The van der Waals surface area contributed by atoms with Crippen LogP contribution in [0.3, 0.4) is 0 Å². The van der Waals surface area contributed by atoms with Gasteiger partial charge in [-0.2, -0.15) is 0 Å². The number of carbonyl (C=O) groups is 2. The zero-order valence-corrected chi connectivity index (χ0v) is 8.10. The third kappa shape index (κ3) is 2.01. The Kier molecular flexibility index (Phi) is 3.41. The van der Waals surface area contributed by atoms with Crippen molar-refractivity contribution < 1.29 is 19.4 Å². The van der Waals surface area contributed by atoms with E-state index in [4.69, 9.17) is 0 Å². The first-order chi connectivity index (χ1) is 6.60. The lowest BCUT2D eigenvalue weighted by Crippen LogP contribution is -2.25. The summed E-state index contributed by atoms with van der Waals surface area (Å²) in [4.78, 5) is 22.6. The van der Waals surface area contributed by atoms with Gasteiger partial charge in [-0.3, -0.25) is 9.59 Å². The first-order valence-corrected chi connectivity index (χ1v) is 4.52. The van der Waals surface area contributed by atoms with Gasteiger partial charge in [-0.1, -0.05) is 6.58 Å². The van der Waals surface area contributed by atoms with Crippen molar-refractivity contribution in [2.45, 2.75) is 18.9 Å². The van der Waals surface area contributed by atoms with E-state index in [2.05, 4.69) is 11.3 Å². The first kappa shape index (κ1) is 10.9. The third-order valence-corrected chi connectivity index (χ3v) is 2.61. The van der Waals surface area contributed by atoms with Crippen LogP contribution < -0.4 is 0 Å². The van der Waals surface area contributed by atoms with Crippen molar-refractivity contribution in [2.75, 3.05) is 7.11 Å². The molecule has 1 fully saturated rings. The maximum absolute atomic E-state index is 11.4. The van der Waals surface area contributed by atoms with Crippen LogP contribution in [0.4, 0.5) is 0 Å². The topological polar surface area (TPSA) is 63.6 Å². The minimum atomic E-state index is -0.590. The minimum Gasteiger partial charge on any atom is -0.469 e. The number of rotatable bonds is 3. The van der Waals surface area contributed by atoms with E-state index in [1.807, 2.05) is 0 Å². The number of aliphatic hydroxyl groups excluding tert-OH is 1. The van der Waals surface area contributed by atoms with E-state index in [-0.39, 0.29) is 5.78 Å². The highest BCUT2D eigenvalue weighted by atomic mass is 16.5. The number of carbonyl (C=O) groups excluding carboxylic acids is 2. The average Bonchev–Trinajstić information content (AvgIpc) is 2.58. The summed E-state index contributed by atoms with van der Waals surface area (Å²) < 4.78 is 4.57. The minimum absolute atomic E-state index is 0.197. The zero-order chi connectivity index (χ0) is 10.7. The maximum Gasteiger partial charge on any atom is 0.309 e. The Balaban J connectivity index is 2.77. The molecule has 0 saturated heterocycles. The van der Waals surface area contributed by atoms with E-state index < -0.39 is 23.9 Å². The molecule has 1 rings (SSSR count). The first-order valence-electron chi connectivity index (χ1n) is 4.52.